The SMILES string of the molecule is CC(C)(C)OC(=O)NN[C@H]1CNCC12CC2. The van der Waals surface area contributed by atoms with Crippen molar-refractivity contribution in [3.8, 4) is 0 Å². The van der Waals surface area contributed by atoms with Crippen LogP contribution in [0.4, 0.5) is 4.79 Å². The highest BCUT2D eigenvalue weighted by Gasteiger charge is 2.52. The zero-order valence-electron chi connectivity index (χ0n) is 10.2. The van der Waals surface area contributed by atoms with E-state index in [0.717, 1.165) is 13.1 Å². The Morgan fingerprint density at radius 3 is 2.69 bits per heavy atom. The van der Waals surface area contributed by atoms with Crippen molar-refractivity contribution in [2.24, 2.45) is 5.41 Å². The van der Waals surface area contributed by atoms with E-state index < -0.39 is 11.7 Å². The molecule has 1 aliphatic heterocycles. The fourth-order valence-electron chi connectivity index (χ4n) is 2.14. The summed E-state index contributed by atoms with van der Waals surface area (Å²) in [5.41, 5.74) is 5.63. The third kappa shape index (κ3) is 2.65. The van der Waals surface area contributed by atoms with Gasteiger partial charge in [0, 0.05) is 24.5 Å². The first kappa shape index (κ1) is 11.7. The summed E-state index contributed by atoms with van der Waals surface area (Å²) in [5.74, 6) is 0. The van der Waals surface area contributed by atoms with Gasteiger partial charge in [-0.25, -0.2) is 10.2 Å². The summed E-state index contributed by atoms with van der Waals surface area (Å²) in [6.45, 7) is 7.53. The number of hydrogen-bond acceptors (Lipinski definition) is 4. The molecule has 2 rings (SSSR count). The summed E-state index contributed by atoms with van der Waals surface area (Å²) in [5, 5.41) is 3.34. The van der Waals surface area contributed by atoms with Gasteiger partial charge >= 0.3 is 6.09 Å². The number of carbonyl (C=O) groups excluding carboxylic acids is 1. The van der Waals surface area contributed by atoms with Crippen molar-refractivity contribution in [1.29, 1.82) is 0 Å². The lowest BCUT2D eigenvalue weighted by atomic mass is 10.0. The van der Waals surface area contributed by atoms with Crippen LogP contribution in [0.3, 0.4) is 0 Å². The van der Waals surface area contributed by atoms with Gasteiger partial charge in [-0.2, -0.15) is 0 Å². The Morgan fingerprint density at radius 1 is 1.44 bits per heavy atom. The van der Waals surface area contributed by atoms with Crippen LogP contribution < -0.4 is 16.2 Å². The summed E-state index contributed by atoms with van der Waals surface area (Å²) in [6, 6.07) is 0.333. The molecule has 1 atom stereocenters. The third-order valence-corrected chi connectivity index (χ3v) is 3.20. The Bertz CT molecular complexity index is 281. The molecular formula is C11H21N3O2. The maximum atomic E-state index is 11.4. The molecule has 5 nitrogen and oxygen atoms in total. The van der Waals surface area contributed by atoms with Crippen LogP contribution in [0, 0.1) is 5.41 Å². The van der Waals surface area contributed by atoms with Crippen LogP contribution in [-0.2, 0) is 4.74 Å². The molecule has 1 amide bonds. The van der Waals surface area contributed by atoms with E-state index in [2.05, 4.69) is 16.2 Å². The first-order valence-corrected chi connectivity index (χ1v) is 5.87. The quantitative estimate of drug-likeness (QED) is 0.610. The van der Waals surface area contributed by atoms with Crippen molar-refractivity contribution in [3.63, 3.8) is 0 Å². The zero-order valence-corrected chi connectivity index (χ0v) is 10.2. The highest BCUT2D eigenvalue weighted by molar-refractivity contribution is 5.67. The van der Waals surface area contributed by atoms with E-state index in [-0.39, 0.29) is 0 Å². The number of ether oxygens (including phenoxy) is 1. The second kappa shape index (κ2) is 3.89. The van der Waals surface area contributed by atoms with Gasteiger partial charge in [-0.05, 0) is 33.6 Å². The highest BCUT2D eigenvalue weighted by atomic mass is 16.6. The molecule has 0 aromatic rings. The van der Waals surface area contributed by atoms with Gasteiger partial charge in [0.2, 0.25) is 0 Å². The van der Waals surface area contributed by atoms with E-state index in [1.54, 1.807) is 0 Å². The molecule has 1 heterocycles. The van der Waals surface area contributed by atoms with Gasteiger partial charge in [0.15, 0.2) is 0 Å². The maximum absolute atomic E-state index is 11.4. The number of nitrogens with one attached hydrogen (secondary N) is 3. The second-order valence-electron chi connectivity index (χ2n) is 5.82. The van der Waals surface area contributed by atoms with Crippen molar-refractivity contribution in [2.75, 3.05) is 13.1 Å². The summed E-state index contributed by atoms with van der Waals surface area (Å²) >= 11 is 0. The van der Waals surface area contributed by atoms with Crippen molar-refractivity contribution in [3.05, 3.63) is 0 Å². The zero-order chi connectivity index (χ0) is 11.8. The van der Waals surface area contributed by atoms with Crippen molar-refractivity contribution < 1.29 is 9.53 Å². The standard InChI is InChI=1S/C11H21N3O2/c1-10(2,3)16-9(15)14-13-8-6-12-7-11(8)4-5-11/h8,12-13H,4-7H2,1-3H3,(H,14,15)/t8-/m0/s1. The molecule has 1 saturated carbocycles. The first-order chi connectivity index (χ1) is 7.41. The predicted molar refractivity (Wildman–Crippen MR) is 60.8 cm³/mol. The molecule has 1 aliphatic carbocycles. The Morgan fingerprint density at radius 2 is 2.12 bits per heavy atom. The molecule has 3 N–H and O–H groups in total. The minimum absolute atomic E-state index is 0.333. The van der Waals surface area contributed by atoms with Crippen molar-refractivity contribution in [1.82, 2.24) is 16.2 Å². The summed E-state index contributed by atoms with van der Waals surface area (Å²) < 4.78 is 5.15. The third-order valence-electron chi connectivity index (χ3n) is 3.20. The molecule has 1 spiro atoms. The predicted octanol–water partition coefficient (Wildman–Crippen LogP) is 0.768. The molecule has 0 aromatic carbocycles. The lowest BCUT2D eigenvalue weighted by Gasteiger charge is -2.23. The summed E-state index contributed by atoms with van der Waals surface area (Å²) in [6.07, 6.45) is 2.08. The Labute approximate surface area is 96.3 Å². The Kier molecular flexibility index (Phi) is 2.84. The largest absolute Gasteiger partial charge is 0.443 e. The van der Waals surface area contributed by atoms with Gasteiger partial charge in [-0.3, -0.25) is 5.43 Å². The lowest BCUT2D eigenvalue weighted by molar-refractivity contribution is 0.0483. The molecule has 16 heavy (non-hydrogen) atoms. The van der Waals surface area contributed by atoms with Crippen LogP contribution in [-0.4, -0.2) is 30.8 Å². The van der Waals surface area contributed by atoms with E-state index in [0.29, 0.717) is 11.5 Å². The van der Waals surface area contributed by atoms with Gasteiger partial charge in [0.05, 0.1) is 0 Å². The fraction of sp³-hybridized carbons (Fsp3) is 0.909. The van der Waals surface area contributed by atoms with Crippen LogP contribution in [0.1, 0.15) is 33.6 Å². The van der Waals surface area contributed by atoms with Crippen LogP contribution in [0.15, 0.2) is 0 Å². The van der Waals surface area contributed by atoms with Gasteiger partial charge in [-0.15, -0.1) is 0 Å². The molecule has 5 heteroatoms. The summed E-state index contributed by atoms with van der Waals surface area (Å²) in [7, 11) is 0. The van der Waals surface area contributed by atoms with Gasteiger partial charge < -0.3 is 10.1 Å². The average molecular weight is 227 g/mol. The molecule has 0 bridgehead atoms. The first-order valence-electron chi connectivity index (χ1n) is 5.87. The molecule has 2 fully saturated rings. The number of amides is 1. The average Bonchev–Trinajstić information content (AvgIpc) is 2.75. The van der Waals surface area contributed by atoms with E-state index >= 15 is 0 Å². The number of hydrogen-bond donors (Lipinski definition) is 3. The number of carbonyl (C=O) groups is 1. The topological polar surface area (TPSA) is 62.4 Å². The van der Waals surface area contributed by atoms with Gasteiger partial charge in [-0.1, -0.05) is 0 Å². The highest BCUT2D eigenvalue weighted by Crippen LogP contribution is 2.50. The summed E-state index contributed by atoms with van der Waals surface area (Å²) in [4.78, 5) is 11.4. The van der Waals surface area contributed by atoms with Crippen molar-refractivity contribution >= 4 is 6.09 Å². The molecule has 0 radical (unpaired) electrons. The van der Waals surface area contributed by atoms with Crippen LogP contribution in [0.5, 0.6) is 0 Å². The fourth-order valence-corrected chi connectivity index (χ4v) is 2.14. The van der Waals surface area contributed by atoms with E-state index in [1.165, 1.54) is 12.8 Å². The van der Waals surface area contributed by atoms with Crippen LogP contribution in [0.2, 0.25) is 0 Å². The lowest BCUT2D eigenvalue weighted by Crippen LogP contribution is -2.50. The monoisotopic (exact) mass is 227 g/mol. The van der Waals surface area contributed by atoms with Crippen LogP contribution in [0.25, 0.3) is 0 Å². The van der Waals surface area contributed by atoms with E-state index in [1.807, 2.05) is 20.8 Å². The van der Waals surface area contributed by atoms with Crippen LogP contribution >= 0.6 is 0 Å². The molecule has 92 valence electrons. The smallest absolute Gasteiger partial charge is 0.422 e. The Balaban J connectivity index is 1.73. The molecule has 1 saturated heterocycles. The van der Waals surface area contributed by atoms with E-state index in [4.69, 9.17) is 4.74 Å². The second-order valence-corrected chi connectivity index (χ2v) is 5.82. The molecule has 0 aromatic heterocycles. The number of hydrazine groups is 1. The van der Waals surface area contributed by atoms with Gasteiger partial charge in [0.25, 0.3) is 0 Å². The maximum Gasteiger partial charge on any atom is 0.422 e. The van der Waals surface area contributed by atoms with Gasteiger partial charge in [0.1, 0.15) is 5.60 Å². The molecule has 2 aliphatic rings. The Hall–Kier alpha value is -0.810. The minimum Gasteiger partial charge on any atom is -0.443 e. The minimum atomic E-state index is -0.447. The normalized spacial score (nSPS) is 26.8. The molecule has 0 unspecified atom stereocenters. The van der Waals surface area contributed by atoms with E-state index in [9.17, 15) is 4.79 Å². The number of rotatable bonds is 2. The van der Waals surface area contributed by atoms with Crippen molar-refractivity contribution in [2.45, 2.75) is 45.3 Å². The molecular weight excluding hydrogens is 206 g/mol.